The minimum absolute atomic E-state index is 0.0728. The maximum atomic E-state index is 12.3. The van der Waals surface area contributed by atoms with E-state index in [2.05, 4.69) is 15.0 Å². The smallest absolute Gasteiger partial charge is 0.387 e. The van der Waals surface area contributed by atoms with Gasteiger partial charge in [0, 0.05) is 11.5 Å². The Labute approximate surface area is 154 Å². The Bertz CT molecular complexity index is 990. The molecule has 0 aliphatic carbocycles. The fourth-order valence-corrected chi connectivity index (χ4v) is 2.48. The number of aromatic nitrogens is 1. The molecule has 0 atom stereocenters. The molecule has 138 valence electrons. The predicted molar refractivity (Wildman–Crippen MR) is 99.0 cm³/mol. The van der Waals surface area contributed by atoms with Crippen LogP contribution in [0.4, 0.5) is 14.5 Å². The van der Waals surface area contributed by atoms with Crippen molar-refractivity contribution in [2.45, 2.75) is 6.61 Å². The first-order chi connectivity index (χ1) is 13.0. The van der Waals surface area contributed by atoms with Crippen molar-refractivity contribution in [3.8, 4) is 11.5 Å². The zero-order valence-corrected chi connectivity index (χ0v) is 14.4. The van der Waals surface area contributed by atoms with E-state index >= 15 is 0 Å². The molecule has 2 aromatic carbocycles. The van der Waals surface area contributed by atoms with Gasteiger partial charge >= 0.3 is 6.61 Å². The largest absolute Gasteiger partial charge is 0.493 e. The van der Waals surface area contributed by atoms with Crippen molar-refractivity contribution in [1.82, 2.24) is 4.98 Å². The molecule has 0 fully saturated rings. The molecule has 0 spiro atoms. The molecule has 0 aliphatic heterocycles. The van der Waals surface area contributed by atoms with Crippen LogP contribution in [0.1, 0.15) is 5.56 Å². The predicted octanol–water partition coefficient (Wildman–Crippen LogP) is 4.50. The topological polar surface area (TPSA) is 60.5 Å². The van der Waals surface area contributed by atoms with Crippen molar-refractivity contribution in [2.24, 2.45) is 0 Å². The normalized spacial score (nSPS) is 11.1. The molecule has 5 nitrogen and oxygen atoms in total. The van der Waals surface area contributed by atoms with E-state index in [1.165, 1.54) is 25.3 Å². The average Bonchev–Trinajstić information content (AvgIpc) is 2.66. The first kappa shape index (κ1) is 18.3. The second kappa shape index (κ2) is 8.27. The summed E-state index contributed by atoms with van der Waals surface area (Å²) < 4.78 is 34.1. The number of nitrogens with zero attached hydrogens (tertiary/aromatic N) is 1. The Morgan fingerprint density at radius 2 is 1.96 bits per heavy atom. The molecule has 7 heteroatoms. The highest BCUT2D eigenvalue weighted by atomic mass is 19.3. The first-order valence-electron chi connectivity index (χ1n) is 8.02. The standard InChI is InChI=1S/C20H16F2N2O3/c1-26-18-10-13(6-8-17(18)27-20(21)22)7-9-19(25)24-15-11-14-4-2-3-5-16(14)23-12-15/h2-12,20H,1H3,(H,24,25)/b9-7+. The van der Waals surface area contributed by atoms with Crippen LogP contribution < -0.4 is 14.8 Å². The summed E-state index contributed by atoms with van der Waals surface area (Å²) in [4.78, 5) is 16.4. The number of hydrogen-bond donors (Lipinski definition) is 1. The highest BCUT2D eigenvalue weighted by molar-refractivity contribution is 6.02. The Kier molecular flexibility index (Phi) is 5.61. The zero-order chi connectivity index (χ0) is 19.2. The van der Waals surface area contributed by atoms with Crippen molar-refractivity contribution in [3.63, 3.8) is 0 Å². The van der Waals surface area contributed by atoms with Crippen molar-refractivity contribution in [2.75, 3.05) is 12.4 Å². The van der Waals surface area contributed by atoms with Gasteiger partial charge in [-0.2, -0.15) is 8.78 Å². The molecule has 0 aliphatic rings. The first-order valence-corrected chi connectivity index (χ1v) is 8.02. The van der Waals surface area contributed by atoms with Gasteiger partial charge < -0.3 is 14.8 Å². The summed E-state index contributed by atoms with van der Waals surface area (Å²) in [5.41, 5.74) is 2.01. The van der Waals surface area contributed by atoms with Gasteiger partial charge in [-0.25, -0.2) is 0 Å². The third kappa shape index (κ3) is 4.78. The number of para-hydroxylation sites is 1. The van der Waals surface area contributed by atoms with Crippen LogP contribution in [0.3, 0.4) is 0 Å². The Morgan fingerprint density at radius 1 is 1.15 bits per heavy atom. The number of fused-ring (bicyclic) bond motifs is 1. The minimum Gasteiger partial charge on any atom is -0.493 e. The summed E-state index contributed by atoms with van der Waals surface area (Å²) in [6.45, 7) is -2.94. The second-order valence-electron chi connectivity index (χ2n) is 5.53. The zero-order valence-electron chi connectivity index (χ0n) is 14.4. The van der Waals surface area contributed by atoms with E-state index in [0.29, 0.717) is 11.3 Å². The second-order valence-corrected chi connectivity index (χ2v) is 5.53. The van der Waals surface area contributed by atoms with Gasteiger partial charge in [0.05, 0.1) is 24.5 Å². The number of halogens is 2. The SMILES string of the molecule is COc1cc(/C=C/C(=O)Nc2cnc3ccccc3c2)ccc1OC(F)F. The average molecular weight is 370 g/mol. The lowest BCUT2D eigenvalue weighted by Gasteiger charge is -2.10. The van der Waals surface area contributed by atoms with Crippen LogP contribution >= 0.6 is 0 Å². The number of methoxy groups -OCH3 is 1. The van der Waals surface area contributed by atoms with E-state index in [-0.39, 0.29) is 17.4 Å². The fraction of sp³-hybridized carbons (Fsp3) is 0.100. The van der Waals surface area contributed by atoms with Crippen LogP contribution in [0.15, 0.2) is 60.8 Å². The van der Waals surface area contributed by atoms with Crippen LogP contribution in [0.5, 0.6) is 11.5 Å². The van der Waals surface area contributed by atoms with E-state index < -0.39 is 6.61 Å². The number of rotatable bonds is 6. The number of anilines is 1. The van der Waals surface area contributed by atoms with E-state index in [1.54, 1.807) is 18.3 Å². The lowest BCUT2D eigenvalue weighted by molar-refractivity contribution is -0.111. The van der Waals surface area contributed by atoms with Crippen LogP contribution in [-0.2, 0) is 4.79 Å². The Balaban J connectivity index is 1.70. The summed E-state index contributed by atoms with van der Waals surface area (Å²) in [7, 11) is 1.35. The number of ether oxygens (including phenoxy) is 2. The number of pyridine rings is 1. The molecule has 27 heavy (non-hydrogen) atoms. The number of carbonyl (C=O) groups is 1. The molecule has 0 radical (unpaired) electrons. The monoisotopic (exact) mass is 370 g/mol. The molecule has 1 amide bonds. The Morgan fingerprint density at radius 3 is 2.74 bits per heavy atom. The van der Waals surface area contributed by atoms with Gasteiger partial charge in [-0.05, 0) is 35.9 Å². The van der Waals surface area contributed by atoms with Crippen molar-refractivity contribution in [3.05, 3.63) is 66.4 Å². The van der Waals surface area contributed by atoms with Crippen LogP contribution in [0, 0.1) is 0 Å². The van der Waals surface area contributed by atoms with E-state index in [0.717, 1.165) is 10.9 Å². The third-order valence-electron chi connectivity index (χ3n) is 3.69. The number of amides is 1. The van der Waals surface area contributed by atoms with Crippen LogP contribution in [0.2, 0.25) is 0 Å². The molecule has 1 heterocycles. The minimum atomic E-state index is -2.94. The summed E-state index contributed by atoms with van der Waals surface area (Å²) in [5, 5.41) is 3.64. The van der Waals surface area contributed by atoms with Gasteiger partial charge in [0.1, 0.15) is 0 Å². The highest BCUT2D eigenvalue weighted by Crippen LogP contribution is 2.29. The van der Waals surface area contributed by atoms with Crippen molar-refractivity contribution in [1.29, 1.82) is 0 Å². The molecular formula is C20H16F2N2O3. The lowest BCUT2D eigenvalue weighted by Crippen LogP contribution is -2.08. The molecule has 0 saturated heterocycles. The Hall–Kier alpha value is -3.48. The highest BCUT2D eigenvalue weighted by Gasteiger charge is 2.10. The number of carbonyl (C=O) groups excluding carboxylic acids is 1. The molecule has 3 rings (SSSR count). The number of hydrogen-bond acceptors (Lipinski definition) is 4. The van der Waals surface area contributed by atoms with Crippen molar-refractivity contribution < 1.29 is 23.0 Å². The van der Waals surface area contributed by atoms with Crippen LogP contribution in [-0.4, -0.2) is 24.6 Å². The molecule has 1 aromatic heterocycles. The van der Waals surface area contributed by atoms with Gasteiger partial charge in [0.15, 0.2) is 11.5 Å². The maximum absolute atomic E-state index is 12.3. The fourth-order valence-electron chi connectivity index (χ4n) is 2.48. The summed E-state index contributed by atoms with van der Waals surface area (Å²) in [5.74, 6) is -0.271. The molecule has 0 unspecified atom stereocenters. The van der Waals surface area contributed by atoms with Crippen molar-refractivity contribution >= 4 is 28.6 Å². The molecule has 0 bridgehead atoms. The molecule has 0 saturated carbocycles. The summed E-state index contributed by atoms with van der Waals surface area (Å²) >= 11 is 0. The van der Waals surface area contributed by atoms with Gasteiger partial charge in [-0.3, -0.25) is 9.78 Å². The molecular weight excluding hydrogens is 354 g/mol. The van der Waals surface area contributed by atoms with E-state index in [1.807, 2.05) is 30.3 Å². The van der Waals surface area contributed by atoms with Gasteiger partial charge in [0.25, 0.3) is 0 Å². The molecule has 1 N–H and O–H groups in total. The lowest BCUT2D eigenvalue weighted by atomic mass is 10.2. The third-order valence-corrected chi connectivity index (χ3v) is 3.69. The van der Waals surface area contributed by atoms with E-state index in [4.69, 9.17) is 4.74 Å². The van der Waals surface area contributed by atoms with Crippen LogP contribution in [0.25, 0.3) is 17.0 Å². The molecule has 3 aromatic rings. The van der Waals surface area contributed by atoms with Gasteiger partial charge in [-0.15, -0.1) is 0 Å². The number of nitrogens with one attached hydrogen (secondary N) is 1. The maximum Gasteiger partial charge on any atom is 0.387 e. The summed E-state index contributed by atoms with van der Waals surface area (Å²) in [6, 6.07) is 13.8. The number of benzene rings is 2. The van der Waals surface area contributed by atoms with Gasteiger partial charge in [-0.1, -0.05) is 24.3 Å². The summed E-state index contributed by atoms with van der Waals surface area (Å²) in [6.07, 6.45) is 4.45. The number of alkyl halides is 2. The van der Waals surface area contributed by atoms with E-state index in [9.17, 15) is 13.6 Å². The van der Waals surface area contributed by atoms with Gasteiger partial charge in [0.2, 0.25) is 5.91 Å². The quantitative estimate of drug-likeness (QED) is 0.649.